The first-order valence-corrected chi connectivity index (χ1v) is 8.56. The average Bonchev–Trinajstić information content (AvgIpc) is 2.47. The summed E-state index contributed by atoms with van der Waals surface area (Å²) in [5, 5.41) is 0. The molecule has 1 aliphatic heterocycles. The minimum Gasteiger partial charge on any atom is -0.494 e. The van der Waals surface area contributed by atoms with Crippen LogP contribution in [-0.2, 0) is 14.8 Å². The summed E-state index contributed by atoms with van der Waals surface area (Å²) >= 11 is 0. The maximum atomic E-state index is 13.7. The van der Waals surface area contributed by atoms with Gasteiger partial charge in [-0.05, 0) is 25.1 Å². The molecule has 1 heterocycles. The Bertz CT molecular complexity index is 603. The zero-order valence-corrected chi connectivity index (χ0v) is 13.5. The van der Waals surface area contributed by atoms with Crippen molar-refractivity contribution >= 4 is 10.0 Å². The van der Waals surface area contributed by atoms with Gasteiger partial charge in [0, 0.05) is 25.7 Å². The van der Waals surface area contributed by atoms with Gasteiger partial charge in [-0.1, -0.05) is 0 Å². The number of hydrogen-bond acceptors (Lipinski definition) is 5. The van der Waals surface area contributed by atoms with Gasteiger partial charge in [0.05, 0.1) is 25.2 Å². The van der Waals surface area contributed by atoms with Crippen LogP contribution in [-0.4, -0.2) is 59.3 Å². The second kappa shape index (κ2) is 7.36. The van der Waals surface area contributed by atoms with Crippen LogP contribution >= 0.6 is 0 Å². The lowest BCUT2D eigenvalue weighted by atomic mass is 10.3. The highest BCUT2D eigenvalue weighted by Gasteiger charge is 2.21. The second-order valence-electron chi connectivity index (χ2n) is 5.23. The number of halogens is 1. The topological polar surface area (TPSA) is 67.9 Å². The number of sulfonamides is 1. The van der Waals surface area contributed by atoms with E-state index in [-0.39, 0.29) is 16.7 Å². The van der Waals surface area contributed by atoms with E-state index in [4.69, 9.17) is 9.47 Å². The van der Waals surface area contributed by atoms with Crippen LogP contribution < -0.4 is 9.46 Å². The Labute approximate surface area is 130 Å². The Hall–Kier alpha value is -1.22. The van der Waals surface area contributed by atoms with Crippen molar-refractivity contribution in [1.29, 1.82) is 0 Å². The van der Waals surface area contributed by atoms with Gasteiger partial charge in [0.25, 0.3) is 0 Å². The molecule has 0 saturated carbocycles. The Morgan fingerprint density at radius 1 is 1.41 bits per heavy atom. The third kappa shape index (κ3) is 4.39. The van der Waals surface area contributed by atoms with Crippen molar-refractivity contribution in [2.45, 2.75) is 17.9 Å². The molecular formula is C14H21FN2O4S. The molecule has 1 N–H and O–H groups in total. The third-order valence-electron chi connectivity index (χ3n) is 3.43. The van der Waals surface area contributed by atoms with Gasteiger partial charge < -0.3 is 9.47 Å². The van der Waals surface area contributed by atoms with Crippen LogP contribution in [0, 0.1) is 5.82 Å². The maximum absolute atomic E-state index is 13.7. The van der Waals surface area contributed by atoms with Gasteiger partial charge in [0.15, 0.2) is 11.6 Å². The van der Waals surface area contributed by atoms with E-state index in [1.807, 2.05) is 0 Å². The van der Waals surface area contributed by atoms with E-state index < -0.39 is 15.8 Å². The minimum atomic E-state index is -3.76. The molecule has 1 aliphatic rings. The second-order valence-corrected chi connectivity index (χ2v) is 6.95. The van der Waals surface area contributed by atoms with Crippen molar-refractivity contribution in [3.63, 3.8) is 0 Å². The van der Waals surface area contributed by atoms with Crippen LogP contribution in [0.2, 0.25) is 0 Å². The molecule has 0 spiro atoms. The normalized spacial score (nSPS) is 18.1. The molecule has 0 amide bonds. The molecule has 0 bridgehead atoms. The molecule has 1 fully saturated rings. The molecule has 1 saturated heterocycles. The van der Waals surface area contributed by atoms with Gasteiger partial charge in [-0.3, -0.25) is 4.90 Å². The van der Waals surface area contributed by atoms with Crippen LogP contribution in [0.15, 0.2) is 23.1 Å². The fraction of sp³-hybridized carbons (Fsp3) is 0.571. The van der Waals surface area contributed by atoms with Crippen LogP contribution in [0.1, 0.15) is 6.92 Å². The van der Waals surface area contributed by atoms with Gasteiger partial charge in [-0.25, -0.2) is 17.5 Å². The van der Waals surface area contributed by atoms with Crippen molar-refractivity contribution in [2.24, 2.45) is 0 Å². The summed E-state index contributed by atoms with van der Waals surface area (Å²) in [6, 6.07) is 3.30. The van der Waals surface area contributed by atoms with Crippen molar-refractivity contribution in [2.75, 3.05) is 40.0 Å². The highest BCUT2D eigenvalue weighted by molar-refractivity contribution is 7.89. The molecule has 6 nitrogen and oxygen atoms in total. The summed E-state index contributed by atoms with van der Waals surface area (Å²) in [6.07, 6.45) is 0. The Morgan fingerprint density at radius 3 is 2.68 bits per heavy atom. The predicted molar refractivity (Wildman–Crippen MR) is 80.0 cm³/mol. The van der Waals surface area contributed by atoms with Crippen molar-refractivity contribution < 1.29 is 22.3 Å². The number of benzene rings is 1. The van der Waals surface area contributed by atoms with E-state index >= 15 is 0 Å². The Morgan fingerprint density at radius 2 is 2.09 bits per heavy atom. The molecule has 1 aromatic rings. The van der Waals surface area contributed by atoms with Crippen molar-refractivity contribution in [1.82, 2.24) is 9.62 Å². The van der Waals surface area contributed by atoms with Crippen LogP contribution in [0.4, 0.5) is 4.39 Å². The molecule has 0 aromatic heterocycles. The standard InChI is InChI=1S/C14H21FN2O4S/c1-11(10-17-5-7-21-8-6-17)16-22(18,19)12-3-4-14(20-2)13(15)9-12/h3-4,9,11,16H,5-8,10H2,1-2H3/t11-/m1/s1. The monoisotopic (exact) mass is 332 g/mol. The fourth-order valence-electron chi connectivity index (χ4n) is 2.36. The Kier molecular flexibility index (Phi) is 5.74. The van der Waals surface area contributed by atoms with Gasteiger partial charge >= 0.3 is 0 Å². The average molecular weight is 332 g/mol. The molecule has 124 valence electrons. The van der Waals surface area contributed by atoms with Crippen LogP contribution in [0.5, 0.6) is 5.75 Å². The van der Waals surface area contributed by atoms with Gasteiger partial charge in [0.2, 0.25) is 10.0 Å². The van der Waals surface area contributed by atoms with Gasteiger partial charge in [-0.15, -0.1) is 0 Å². The summed E-state index contributed by atoms with van der Waals surface area (Å²) in [4.78, 5) is 2.02. The lowest BCUT2D eigenvalue weighted by Crippen LogP contribution is -2.45. The summed E-state index contributed by atoms with van der Waals surface area (Å²) in [6.45, 7) is 5.24. The van der Waals surface area contributed by atoms with Crippen LogP contribution in [0.3, 0.4) is 0 Å². The number of rotatable bonds is 6. The van der Waals surface area contributed by atoms with Crippen LogP contribution in [0.25, 0.3) is 0 Å². The third-order valence-corrected chi connectivity index (χ3v) is 5.01. The minimum absolute atomic E-state index is 0.0142. The molecule has 0 unspecified atom stereocenters. The number of morpholine rings is 1. The smallest absolute Gasteiger partial charge is 0.240 e. The highest BCUT2D eigenvalue weighted by atomic mass is 32.2. The van der Waals surface area contributed by atoms with E-state index in [1.54, 1.807) is 6.92 Å². The first-order valence-electron chi connectivity index (χ1n) is 7.08. The number of methoxy groups -OCH3 is 1. The van der Waals surface area contributed by atoms with E-state index in [0.29, 0.717) is 19.8 Å². The van der Waals surface area contributed by atoms with E-state index in [9.17, 15) is 12.8 Å². The summed E-state index contributed by atoms with van der Waals surface area (Å²) in [5.41, 5.74) is 0. The van der Waals surface area contributed by atoms with E-state index in [1.165, 1.54) is 19.2 Å². The SMILES string of the molecule is COc1ccc(S(=O)(=O)N[C@H](C)CN2CCOCC2)cc1F. The quantitative estimate of drug-likeness (QED) is 0.836. The number of nitrogens with one attached hydrogen (secondary N) is 1. The summed E-state index contributed by atoms with van der Waals surface area (Å²) in [5.74, 6) is -0.688. The lowest BCUT2D eigenvalue weighted by Gasteiger charge is -2.29. The molecule has 2 rings (SSSR count). The summed E-state index contributed by atoms with van der Waals surface area (Å²) < 4.78 is 50.8. The number of ether oxygens (including phenoxy) is 2. The first-order chi connectivity index (χ1) is 10.4. The van der Waals surface area contributed by atoms with E-state index in [2.05, 4.69) is 9.62 Å². The first kappa shape index (κ1) is 17.1. The lowest BCUT2D eigenvalue weighted by molar-refractivity contribution is 0.0354. The Balaban J connectivity index is 2.01. The molecule has 1 aromatic carbocycles. The highest BCUT2D eigenvalue weighted by Crippen LogP contribution is 2.20. The zero-order chi connectivity index (χ0) is 16.2. The molecular weight excluding hydrogens is 311 g/mol. The molecule has 1 atom stereocenters. The van der Waals surface area contributed by atoms with Crippen molar-refractivity contribution in [3.05, 3.63) is 24.0 Å². The molecule has 22 heavy (non-hydrogen) atoms. The predicted octanol–water partition coefficient (Wildman–Crippen LogP) is 0.833. The molecule has 0 aliphatic carbocycles. The van der Waals surface area contributed by atoms with E-state index in [0.717, 1.165) is 19.2 Å². The fourth-order valence-corrected chi connectivity index (χ4v) is 3.60. The van der Waals surface area contributed by atoms with Gasteiger partial charge in [-0.2, -0.15) is 0 Å². The van der Waals surface area contributed by atoms with Gasteiger partial charge in [0.1, 0.15) is 0 Å². The summed E-state index contributed by atoms with van der Waals surface area (Å²) in [7, 11) is -2.43. The number of nitrogens with zero attached hydrogens (tertiary/aromatic N) is 1. The zero-order valence-electron chi connectivity index (χ0n) is 12.7. The van der Waals surface area contributed by atoms with Crippen molar-refractivity contribution in [3.8, 4) is 5.75 Å². The molecule has 0 radical (unpaired) electrons. The number of hydrogen-bond donors (Lipinski definition) is 1. The largest absolute Gasteiger partial charge is 0.494 e. The maximum Gasteiger partial charge on any atom is 0.240 e. The molecule has 8 heteroatoms.